The number of rotatable bonds is 14. The molecule has 1 unspecified atom stereocenters. The Hall–Kier alpha value is -2.08. The van der Waals surface area contributed by atoms with E-state index in [1.54, 1.807) is 6.08 Å². The molecule has 0 fully saturated rings. The summed E-state index contributed by atoms with van der Waals surface area (Å²) in [5, 5.41) is 17.7. The molecular formula is C23H33NO2. The SMILES string of the molecule is CCCCCCCCC(CCCC=CC(=O)O)Cc1cccc(C#N)c1. The van der Waals surface area contributed by atoms with Crippen LogP contribution >= 0.6 is 0 Å². The molecule has 1 aromatic carbocycles. The Labute approximate surface area is 158 Å². The van der Waals surface area contributed by atoms with Gasteiger partial charge in [-0.1, -0.05) is 70.1 Å². The third-order valence-corrected chi connectivity index (χ3v) is 4.79. The Morgan fingerprint density at radius 2 is 1.88 bits per heavy atom. The van der Waals surface area contributed by atoms with Crippen LogP contribution < -0.4 is 0 Å². The number of carboxylic acid groups (broad SMARTS) is 1. The first-order chi connectivity index (χ1) is 12.7. The van der Waals surface area contributed by atoms with E-state index < -0.39 is 5.97 Å². The average molecular weight is 356 g/mol. The molecule has 3 heteroatoms. The fourth-order valence-electron chi connectivity index (χ4n) is 3.37. The lowest BCUT2D eigenvalue weighted by molar-refractivity contribution is -0.131. The summed E-state index contributed by atoms with van der Waals surface area (Å²) in [5.74, 6) is -0.268. The van der Waals surface area contributed by atoms with E-state index in [0.717, 1.165) is 31.2 Å². The molecule has 1 rings (SSSR count). The fourth-order valence-corrected chi connectivity index (χ4v) is 3.37. The predicted octanol–water partition coefficient (Wildman–Crippen LogP) is 6.28. The van der Waals surface area contributed by atoms with Gasteiger partial charge in [-0.15, -0.1) is 0 Å². The predicted molar refractivity (Wildman–Crippen MR) is 107 cm³/mol. The van der Waals surface area contributed by atoms with Crippen molar-refractivity contribution in [2.75, 3.05) is 0 Å². The van der Waals surface area contributed by atoms with Crippen LogP contribution in [-0.2, 0) is 11.2 Å². The molecule has 0 spiro atoms. The highest BCUT2D eigenvalue weighted by Gasteiger charge is 2.10. The Kier molecular flexibility index (Phi) is 11.9. The molecule has 0 saturated carbocycles. The first-order valence-electron chi connectivity index (χ1n) is 10.0. The maximum Gasteiger partial charge on any atom is 0.327 e. The van der Waals surface area contributed by atoms with Crippen LogP contribution in [-0.4, -0.2) is 11.1 Å². The summed E-state index contributed by atoms with van der Waals surface area (Å²) in [6.45, 7) is 2.24. The molecule has 0 aromatic heterocycles. The van der Waals surface area contributed by atoms with E-state index in [0.29, 0.717) is 5.92 Å². The van der Waals surface area contributed by atoms with Gasteiger partial charge in [0.05, 0.1) is 11.6 Å². The first kappa shape index (κ1) is 22.0. The molecule has 0 heterocycles. The Bertz CT molecular complexity index is 586. The molecule has 0 aliphatic rings. The lowest BCUT2D eigenvalue weighted by atomic mass is 9.88. The van der Waals surface area contributed by atoms with Crippen molar-refractivity contribution >= 4 is 5.97 Å². The van der Waals surface area contributed by atoms with Gasteiger partial charge in [0.25, 0.3) is 0 Å². The number of nitrogens with zero attached hydrogens (tertiary/aromatic N) is 1. The number of hydrogen-bond donors (Lipinski definition) is 1. The van der Waals surface area contributed by atoms with Crippen molar-refractivity contribution in [2.45, 2.75) is 77.6 Å². The summed E-state index contributed by atoms with van der Waals surface area (Å²) in [6.07, 6.45) is 16.0. The molecule has 0 aliphatic heterocycles. The van der Waals surface area contributed by atoms with Crippen molar-refractivity contribution in [3.8, 4) is 6.07 Å². The second kappa shape index (κ2) is 14.1. The highest BCUT2D eigenvalue weighted by molar-refractivity contribution is 5.79. The van der Waals surface area contributed by atoms with Crippen molar-refractivity contribution in [1.29, 1.82) is 5.26 Å². The van der Waals surface area contributed by atoms with E-state index >= 15 is 0 Å². The minimum atomic E-state index is -0.873. The van der Waals surface area contributed by atoms with E-state index in [1.165, 1.54) is 56.6 Å². The molecule has 0 aliphatic carbocycles. The molecule has 3 nitrogen and oxygen atoms in total. The van der Waals surface area contributed by atoms with Gasteiger partial charge in [0.1, 0.15) is 0 Å². The number of nitriles is 1. The minimum Gasteiger partial charge on any atom is -0.478 e. The number of hydrogen-bond acceptors (Lipinski definition) is 2. The summed E-state index contributed by atoms with van der Waals surface area (Å²) in [7, 11) is 0. The van der Waals surface area contributed by atoms with Crippen molar-refractivity contribution in [1.82, 2.24) is 0 Å². The third kappa shape index (κ3) is 10.7. The minimum absolute atomic E-state index is 0.605. The van der Waals surface area contributed by atoms with Gasteiger partial charge in [-0.25, -0.2) is 4.79 Å². The van der Waals surface area contributed by atoms with Crippen LogP contribution in [0.25, 0.3) is 0 Å². The molecule has 0 bridgehead atoms. The standard InChI is InChI=1S/C23H33NO2/c1-2-3-4-5-6-8-12-20(13-9-7-10-16-23(25)26)17-21-14-11-15-22(18-21)19-24/h10-11,14-16,18,20H,2-9,12-13,17H2,1H3,(H,25,26). The smallest absolute Gasteiger partial charge is 0.327 e. The van der Waals surface area contributed by atoms with Gasteiger partial charge in [0.2, 0.25) is 0 Å². The highest BCUT2D eigenvalue weighted by atomic mass is 16.4. The van der Waals surface area contributed by atoms with Crippen LogP contribution in [0.3, 0.4) is 0 Å². The molecule has 1 atom stereocenters. The highest BCUT2D eigenvalue weighted by Crippen LogP contribution is 2.23. The maximum absolute atomic E-state index is 10.5. The monoisotopic (exact) mass is 355 g/mol. The van der Waals surface area contributed by atoms with Crippen LogP contribution in [0.15, 0.2) is 36.4 Å². The van der Waals surface area contributed by atoms with Crippen LogP contribution in [0.4, 0.5) is 0 Å². The average Bonchev–Trinajstić information content (AvgIpc) is 2.63. The Balaban J connectivity index is 2.48. The Morgan fingerprint density at radius 3 is 2.62 bits per heavy atom. The summed E-state index contributed by atoms with van der Waals surface area (Å²) < 4.78 is 0. The van der Waals surface area contributed by atoms with Crippen molar-refractivity contribution in [2.24, 2.45) is 5.92 Å². The lowest BCUT2D eigenvalue weighted by Crippen LogP contribution is -2.05. The van der Waals surface area contributed by atoms with E-state index in [2.05, 4.69) is 19.1 Å². The van der Waals surface area contributed by atoms with Crippen molar-refractivity contribution in [3.05, 3.63) is 47.5 Å². The van der Waals surface area contributed by atoms with E-state index in [9.17, 15) is 4.79 Å². The number of benzene rings is 1. The van der Waals surface area contributed by atoms with Crippen LogP contribution in [0, 0.1) is 17.2 Å². The van der Waals surface area contributed by atoms with Gasteiger partial charge in [0.15, 0.2) is 0 Å². The summed E-state index contributed by atoms with van der Waals surface area (Å²) in [5.41, 5.74) is 1.96. The van der Waals surface area contributed by atoms with Crippen LogP contribution in [0.2, 0.25) is 0 Å². The van der Waals surface area contributed by atoms with Gasteiger partial charge < -0.3 is 5.11 Å². The maximum atomic E-state index is 10.5. The number of aliphatic carboxylic acids is 1. The quantitative estimate of drug-likeness (QED) is 0.315. The zero-order valence-corrected chi connectivity index (χ0v) is 16.1. The van der Waals surface area contributed by atoms with Crippen molar-refractivity contribution in [3.63, 3.8) is 0 Å². The van der Waals surface area contributed by atoms with Crippen LogP contribution in [0.5, 0.6) is 0 Å². The molecule has 0 radical (unpaired) electrons. The topological polar surface area (TPSA) is 61.1 Å². The van der Waals surface area contributed by atoms with Crippen molar-refractivity contribution < 1.29 is 9.90 Å². The Morgan fingerprint density at radius 1 is 1.15 bits per heavy atom. The van der Waals surface area contributed by atoms with Gasteiger partial charge in [-0.3, -0.25) is 0 Å². The van der Waals surface area contributed by atoms with Gasteiger partial charge in [-0.05, 0) is 49.3 Å². The number of carboxylic acids is 1. The number of carbonyl (C=O) groups is 1. The second-order valence-corrected chi connectivity index (χ2v) is 7.11. The zero-order chi connectivity index (χ0) is 19.0. The van der Waals surface area contributed by atoms with Gasteiger partial charge in [0, 0.05) is 6.08 Å². The molecule has 26 heavy (non-hydrogen) atoms. The fraction of sp³-hybridized carbons (Fsp3) is 0.565. The lowest BCUT2D eigenvalue weighted by Gasteiger charge is -2.17. The molecule has 0 saturated heterocycles. The molecule has 1 aromatic rings. The second-order valence-electron chi connectivity index (χ2n) is 7.11. The van der Waals surface area contributed by atoms with Gasteiger partial charge >= 0.3 is 5.97 Å². The largest absolute Gasteiger partial charge is 0.478 e. The summed E-state index contributed by atoms with van der Waals surface area (Å²) >= 11 is 0. The molecule has 142 valence electrons. The molecule has 1 N–H and O–H groups in total. The summed E-state index contributed by atoms with van der Waals surface area (Å²) in [6, 6.07) is 10.1. The van der Waals surface area contributed by atoms with E-state index in [4.69, 9.17) is 10.4 Å². The van der Waals surface area contributed by atoms with Crippen LogP contribution in [0.1, 0.15) is 82.3 Å². The summed E-state index contributed by atoms with van der Waals surface area (Å²) in [4.78, 5) is 10.5. The number of allylic oxidation sites excluding steroid dienone is 1. The van der Waals surface area contributed by atoms with Gasteiger partial charge in [-0.2, -0.15) is 5.26 Å². The molecular weight excluding hydrogens is 322 g/mol. The third-order valence-electron chi connectivity index (χ3n) is 4.79. The van der Waals surface area contributed by atoms with E-state index in [1.807, 2.05) is 18.2 Å². The first-order valence-corrected chi connectivity index (χ1v) is 10.0. The normalized spacial score (nSPS) is 12.2. The number of unbranched alkanes of at least 4 members (excludes halogenated alkanes) is 6. The molecule has 0 amide bonds. The zero-order valence-electron chi connectivity index (χ0n) is 16.1. The van der Waals surface area contributed by atoms with E-state index in [-0.39, 0.29) is 0 Å².